The van der Waals surface area contributed by atoms with E-state index >= 15 is 0 Å². The number of ether oxygens (including phenoxy) is 1. The van der Waals surface area contributed by atoms with Crippen LogP contribution in [-0.2, 0) is 14.3 Å². The molecule has 8 heteroatoms. The second kappa shape index (κ2) is 11.2. The number of nitrogens with one attached hydrogen (secondary N) is 2. The van der Waals surface area contributed by atoms with Crippen LogP contribution in [0.5, 0.6) is 0 Å². The average molecular weight is 451 g/mol. The van der Waals surface area contributed by atoms with E-state index in [0.717, 1.165) is 22.4 Å². The summed E-state index contributed by atoms with van der Waals surface area (Å²) in [6.07, 6.45) is -1.57. The Kier molecular flexibility index (Phi) is 8.60. The van der Waals surface area contributed by atoms with E-state index in [0.29, 0.717) is 17.8 Å². The third-order valence-corrected chi connectivity index (χ3v) is 5.04. The number of aryl methyl sites for hydroxylation is 2. The lowest BCUT2D eigenvalue weighted by Gasteiger charge is -2.30. The van der Waals surface area contributed by atoms with Crippen LogP contribution >= 0.6 is 0 Å². The van der Waals surface area contributed by atoms with E-state index in [9.17, 15) is 14.7 Å². The van der Waals surface area contributed by atoms with E-state index in [1.807, 2.05) is 52.0 Å². The quantitative estimate of drug-likeness (QED) is 0.212. The monoisotopic (exact) mass is 450 g/mol. The molecule has 0 saturated carbocycles. The van der Waals surface area contributed by atoms with Crippen molar-refractivity contribution in [2.45, 2.75) is 39.8 Å². The number of benzene rings is 2. The van der Waals surface area contributed by atoms with Crippen molar-refractivity contribution in [3.05, 3.63) is 58.7 Å². The number of hydrogen-bond acceptors (Lipinski definition) is 5. The first kappa shape index (κ1) is 25.4. The molecule has 0 saturated heterocycles. The maximum absolute atomic E-state index is 12.9. The van der Waals surface area contributed by atoms with Crippen LogP contribution in [0.4, 0.5) is 11.4 Å². The number of nitrogens with zero attached hydrogens (tertiary/aromatic N) is 1. The molecule has 8 nitrogen and oxygen atoms in total. The number of anilines is 2. The first-order valence-electron chi connectivity index (χ1n) is 10.4. The number of nitrogen functional groups attached to an aromatic ring is 1. The summed E-state index contributed by atoms with van der Waals surface area (Å²) in [6, 6.07) is 10.7. The Labute approximate surface area is 194 Å². The second-order valence-corrected chi connectivity index (χ2v) is 7.86. The van der Waals surface area contributed by atoms with Gasteiger partial charge in [-0.05, 0) is 75.2 Å². The first-order chi connectivity index (χ1) is 15.6. The van der Waals surface area contributed by atoms with E-state index in [1.165, 1.54) is 12.0 Å². The molecule has 0 aliphatic rings. The molecular formula is C25H30N4O4. The van der Waals surface area contributed by atoms with Gasteiger partial charge in [0, 0.05) is 35.7 Å². The van der Waals surface area contributed by atoms with Crippen molar-refractivity contribution in [1.29, 1.82) is 5.41 Å². The van der Waals surface area contributed by atoms with Gasteiger partial charge in [0.25, 0.3) is 5.91 Å². The average Bonchev–Trinajstić information content (AvgIpc) is 2.74. The van der Waals surface area contributed by atoms with E-state index in [-0.39, 0.29) is 11.9 Å². The zero-order valence-electron chi connectivity index (χ0n) is 19.5. The number of carboxylic acids is 1. The van der Waals surface area contributed by atoms with Crippen molar-refractivity contribution >= 4 is 29.1 Å². The van der Waals surface area contributed by atoms with Crippen molar-refractivity contribution in [3.8, 4) is 11.8 Å². The van der Waals surface area contributed by atoms with Crippen LogP contribution in [0, 0.1) is 31.1 Å². The van der Waals surface area contributed by atoms with Crippen molar-refractivity contribution < 1.29 is 19.4 Å². The summed E-state index contributed by atoms with van der Waals surface area (Å²) in [4.78, 5) is 25.7. The molecule has 0 aromatic heterocycles. The van der Waals surface area contributed by atoms with Gasteiger partial charge >= 0.3 is 5.97 Å². The summed E-state index contributed by atoms with van der Waals surface area (Å²) in [5.74, 6) is 4.30. The summed E-state index contributed by atoms with van der Waals surface area (Å²) in [5, 5.41) is 19.9. The van der Waals surface area contributed by atoms with Crippen LogP contribution < -0.4 is 16.0 Å². The molecule has 0 aliphatic heterocycles. The molecule has 174 valence electrons. The fraction of sp³-hybridized carbons (Fsp3) is 0.320. The molecule has 2 aromatic carbocycles. The highest BCUT2D eigenvalue weighted by molar-refractivity contribution is 6.08. The Bertz CT molecular complexity index is 1100. The van der Waals surface area contributed by atoms with Crippen LogP contribution in [0.2, 0.25) is 0 Å². The Morgan fingerprint density at radius 2 is 1.82 bits per heavy atom. The minimum Gasteiger partial charge on any atom is -0.479 e. The number of nitrogens with two attached hydrogens (primary N) is 1. The summed E-state index contributed by atoms with van der Waals surface area (Å²) < 4.78 is 4.90. The number of amidine groups is 1. The highest BCUT2D eigenvalue weighted by atomic mass is 16.5. The molecule has 0 heterocycles. The lowest BCUT2D eigenvalue weighted by molar-refractivity contribution is -0.154. The zero-order valence-corrected chi connectivity index (χ0v) is 19.5. The predicted molar refractivity (Wildman–Crippen MR) is 130 cm³/mol. The SMILES string of the molecule is COC(C(=O)O)C(=O)N(c1cc(C)c(C#CCNc2ccc(C(=N)N)cc2)cc1C)C(C)C. The molecule has 2 aromatic rings. The molecule has 0 fully saturated rings. The molecule has 1 amide bonds. The lowest BCUT2D eigenvalue weighted by Crippen LogP contribution is -2.47. The summed E-state index contributed by atoms with van der Waals surface area (Å²) in [6.45, 7) is 7.83. The standard InChI is InChI=1S/C25H30N4O4/c1-15(2)29(24(30)22(33-5)25(31)32)21-14-16(3)19(13-17(21)4)7-6-12-28-20-10-8-18(9-11-20)23(26)27/h8-11,13-15,22,28H,12H2,1-5H3,(H3,26,27)(H,31,32). The molecular weight excluding hydrogens is 420 g/mol. The minimum absolute atomic E-state index is 0.0223. The van der Waals surface area contributed by atoms with Crippen LogP contribution in [0.3, 0.4) is 0 Å². The van der Waals surface area contributed by atoms with Crippen LogP contribution in [-0.4, -0.2) is 48.6 Å². The van der Waals surface area contributed by atoms with Crippen LogP contribution in [0.15, 0.2) is 36.4 Å². The third kappa shape index (κ3) is 6.34. The van der Waals surface area contributed by atoms with Crippen molar-refractivity contribution in [2.24, 2.45) is 5.73 Å². The highest BCUT2D eigenvalue weighted by Gasteiger charge is 2.33. The number of carbonyl (C=O) groups is 2. The number of amides is 1. The molecule has 5 N–H and O–H groups in total. The summed E-state index contributed by atoms with van der Waals surface area (Å²) in [7, 11) is 1.21. The number of methoxy groups -OCH3 is 1. The van der Waals surface area contributed by atoms with Gasteiger partial charge in [-0.15, -0.1) is 0 Å². The minimum atomic E-state index is -1.57. The van der Waals surface area contributed by atoms with Crippen LogP contribution in [0.25, 0.3) is 0 Å². The summed E-state index contributed by atoms with van der Waals surface area (Å²) in [5.41, 5.74) is 10.1. The number of aliphatic carboxylic acids is 1. The number of rotatable bonds is 8. The van der Waals surface area contributed by atoms with Crippen molar-refractivity contribution in [2.75, 3.05) is 23.9 Å². The van der Waals surface area contributed by atoms with E-state index in [2.05, 4.69) is 17.2 Å². The smallest absolute Gasteiger partial charge is 0.342 e. The topological polar surface area (TPSA) is 129 Å². The Hall–Kier alpha value is -3.83. The van der Waals surface area contributed by atoms with Crippen LogP contribution in [0.1, 0.15) is 36.1 Å². The Morgan fingerprint density at radius 1 is 1.18 bits per heavy atom. The van der Waals surface area contributed by atoms with Gasteiger partial charge in [-0.1, -0.05) is 11.8 Å². The molecule has 0 aliphatic carbocycles. The molecule has 0 radical (unpaired) electrons. The van der Waals surface area contributed by atoms with Gasteiger partial charge in [0.1, 0.15) is 5.84 Å². The number of hydrogen-bond donors (Lipinski definition) is 4. The highest BCUT2D eigenvalue weighted by Crippen LogP contribution is 2.27. The first-order valence-corrected chi connectivity index (χ1v) is 10.4. The van der Waals surface area contributed by atoms with Gasteiger partial charge < -0.3 is 25.8 Å². The third-order valence-electron chi connectivity index (χ3n) is 5.04. The fourth-order valence-corrected chi connectivity index (χ4v) is 3.33. The Balaban J connectivity index is 2.21. The summed E-state index contributed by atoms with van der Waals surface area (Å²) >= 11 is 0. The molecule has 2 rings (SSSR count). The van der Waals surface area contributed by atoms with Crippen molar-refractivity contribution in [1.82, 2.24) is 0 Å². The van der Waals surface area contributed by atoms with Gasteiger partial charge in [0.2, 0.25) is 6.10 Å². The largest absolute Gasteiger partial charge is 0.479 e. The molecule has 33 heavy (non-hydrogen) atoms. The van der Waals surface area contributed by atoms with E-state index in [4.69, 9.17) is 15.9 Å². The maximum atomic E-state index is 12.9. The lowest BCUT2D eigenvalue weighted by atomic mass is 10.0. The fourth-order valence-electron chi connectivity index (χ4n) is 3.33. The molecule has 0 bridgehead atoms. The van der Waals surface area contributed by atoms with Gasteiger partial charge in [0.15, 0.2) is 0 Å². The van der Waals surface area contributed by atoms with E-state index < -0.39 is 18.0 Å². The molecule has 1 unspecified atom stereocenters. The normalized spacial score (nSPS) is 11.3. The number of carbonyl (C=O) groups excluding carboxylic acids is 1. The van der Waals surface area contributed by atoms with Gasteiger partial charge in [-0.2, -0.15) is 0 Å². The maximum Gasteiger partial charge on any atom is 0.342 e. The number of carboxylic acid groups (broad SMARTS) is 1. The van der Waals surface area contributed by atoms with E-state index in [1.54, 1.807) is 12.1 Å². The molecule has 0 spiro atoms. The predicted octanol–water partition coefficient (Wildman–Crippen LogP) is 2.89. The zero-order chi connectivity index (χ0) is 24.7. The van der Waals surface area contributed by atoms with Crippen molar-refractivity contribution in [3.63, 3.8) is 0 Å². The molecule has 1 atom stereocenters. The van der Waals surface area contributed by atoms with Gasteiger partial charge in [0.05, 0.1) is 6.54 Å². The second-order valence-electron chi connectivity index (χ2n) is 7.86. The van der Waals surface area contributed by atoms with Gasteiger partial charge in [-0.25, -0.2) is 4.79 Å². The van der Waals surface area contributed by atoms with Gasteiger partial charge in [-0.3, -0.25) is 10.2 Å². The Morgan fingerprint density at radius 3 is 2.33 bits per heavy atom.